The largest absolute Gasteiger partial charge is 0.354 e. The maximum Gasteiger partial charge on any atom is 0.271 e. The summed E-state index contributed by atoms with van der Waals surface area (Å²) in [5.74, 6) is 0.433. The van der Waals surface area contributed by atoms with E-state index in [1.54, 1.807) is 23.4 Å². The number of carbonyl (C=O) groups excluding carboxylic acids is 2. The third-order valence-corrected chi connectivity index (χ3v) is 4.70. The standard InChI is InChI=1S/C18H20N4O2/c23-17(20-10-13-5-6-13)16-12-21-8-2-4-15(21)18(24)22(16)11-14-3-1-7-19-9-14/h1-4,7-9,13,16H,5-6,10-12H2,(H,20,23). The maximum absolute atomic E-state index is 12.9. The highest BCUT2D eigenvalue weighted by Crippen LogP contribution is 2.28. The Balaban J connectivity index is 1.58. The highest BCUT2D eigenvalue weighted by molar-refractivity contribution is 5.97. The molecule has 6 nitrogen and oxygen atoms in total. The van der Waals surface area contributed by atoms with Crippen LogP contribution in [-0.2, 0) is 17.9 Å². The van der Waals surface area contributed by atoms with E-state index in [4.69, 9.17) is 0 Å². The molecule has 1 aliphatic carbocycles. The number of fused-ring (bicyclic) bond motifs is 1. The number of hydrogen-bond acceptors (Lipinski definition) is 3. The molecule has 0 bridgehead atoms. The van der Waals surface area contributed by atoms with Crippen LogP contribution in [-0.4, -0.2) is 38.9 Å². The molecule has 0 radical (unpaired) electrons. The minimum atomic E-state index is -0.489. The molecule has 1 fully saturated rings. The summed E-state index contributed by atoms with van der Waals surface area (Å²) in [7, 11) is 0. The van der Waals surface area contributed by atoms with Gasteiger partial charge in [0, 0.05) is 31.7 Å². The highest BCUT2D eigenvalue weighted by Gasteiger charge is 2.37. The Hall–Kier alpha value is -2.63. The Kier molecular flexibility index (Phi) is 3.80. The predicted octanol–water partition coefficient (Wildman–Crippen LogP) is 1.43. The lowest BCUT2D eigenvalue weighted by atomic mass is 10.1. The number of aromatic nitrogens is 2. The molecule has 1 unspecified atom stereocenters. The quantitative estimate of drug-likeness (QED) is 0.905. The normalized spacial score (nSPS) is 19.9. The lowest BCUT2D eigenvalue weighted by molar-refractivity contribution is -0.126. The van der Waals surface area contributed by atoms with E-state index < -0.39 is 6.04 Å². The van der Waals surface area contributed by atoms with E-state index in [1.807, 2.05) is 29.0 Å². The molecule has 2 aromatic rings. The fourth-order valence-corrected chi connectivity index (χ4v) is 3.12. The van der Waals surface area contributed by atoms with Gasteiger partial charge >= 0.3 is 0 Å². The van der Waals surface area contributed by atoms with Gasteiger partial charge in [0.1, 0.15) is 11.7 Å². The van der Waals surface area contributed by atoms with E-state index in [9.17, 15) is 9.59 Å². The average molecular weight is 324 g/mol. The molecule has 1 aliphatic heterocycles. The van der Waals surface area contributed by atoms with Gasteiger partial charge in [-0.2, -0.15) is 0 Å². The fraction of sp³-hybridized carbons (Fsp3) is 0.389. The summed E-state index contributed by atoms with van der Waals surface area (Å²) in [5.41, 5.74) is 1.55. The zero-order valence-corrected chi connectivity index (χ0v) is 13.4. The second-order valence-corrected chi connectivity index (χ2v) is 6.54. The number of amides is 2. The van der Waals surface area contributed by atoms with E-state index in [1.165, 1.54) is 12.8 Å². The smallest absolute Gasteiger partial charge is 0.271 e. The average Bonchev–Trinajstić information content (AvgIpc) is 3.31. The predicted molar refractivity (Wildman–Crippen MR) is 88.1 cm³/mol. The molecule has 2 aliphatic rings. The molecule has 24 heavy (non-hydrogen) atoms. The van der Waals surface area contributed by atoms with Crippen molar-refractivity contribution in [3.63, 3.8) is 0 Å². The third kappa shape index (κ3) is 2.91. The van der Waals surface area contributed by atoms with Gasteiger partial charge in [0.25, 0.3) is 5.91 Å². The van der Waals surface area contributed by atoms with Crippen molar-refractivity contribution in [2.24, 2.45) is 5.92 Å². The molecule has 4 rings (SSSR count). The molecular weight excluding hydrogens is 304 g/mol. The summed E-state index contributed by atoms with van der Waals surface area (Å²) in [4.78, 5) is 31.3. The second kappa shape index (κ2) is 6.11. The molecular formula is C18H20N4O2. The number of pyridine rings is 1. The van der Waals surface area contributed by atoms with Crippen molar-refractivity contribution in [2.75, 3.05) is 6.54 Å². The van der Waals surface area contributed by atoms with Crippen molar-refractivity contribution in [3.05, 3.63) is 54.1 Å². The van der Waals surface area contributed by atoms with Crippen LogP contribution in [0.25, 0.3) is 0 Å². The van der Waals surface area contributed by atoms with Gasteiger partial charge in [-0.1, -0.05) is 6.07 Å². The van der Waals surface area contributed by atoms with Crippen molar-refractivity contribution in [1.29, 1.82) is 0 Å². The lowest BCUT2D eigenvalue weighted by Gasteiger charge is -2.35. The minimum absolute atomic E-state index is 0.0708. The van der Waals surface area contributed by atoms with Crippen LogP contribution in [0.4, 0.5) is 0 Å². The molecule has 2 aromatic heterocycles. The Morgan fingerprint density at radius 2 is 2.17 bits per heavy atom. The summed E-state index contributed by atoms with van der Waals surface area (Å²) < 4.78 is 1.86. The van der Waals surface area contributed by atoms with Crippen molar-refractivity contribution in [1.82, 2.24) is 19.8 Å². The minimum Gasteiger partial charge on any atom is -0.354 e. The zero-order chi connectivity index (χ0) is 16.5. The van der Waals surface area contributed by atoms with Crippen molar-refractivity contribution < 1.29 is 9.59 Å². The first-order chi connectivity index (χ1) is 11.7. The van der Waals surface area contributed by atoms with E-state index in [0.717, 1.165) is 5.56 Å². The van der Waals surface area contributed by atoms with Crippen LogP contribution in [0.5, 0.6) is 0 Å². The van der Waals surface area contributed by atoms with Crippen LogP contribution in [0.3, 0.4) is 0 Å². The van der Waals surface area contributed by atoms with Gasteiger partial charge in [-0.3, -0.25) is 14.6 Å². The number of carbonyl (C=O) groups is 2. The third-order valence-electron chi connectivity index (χ3n) is 4.70. The van der Waals surface area contributed by atoms with Crippen LogP contribution >= 0.6 is 0 Å². The van der Waals surface area contributed by atoms with Gasteiger partial charge in [-0.05, 0) is 42.5 Å². The molecule has 0 aromatic carbocycles. The van der Waals surface area contributed by atoms with E-state index in [2.05, 4.69) is 10.3 Å². The van der Waals surface area contributed by atoms with E-state index in [0.29, 0.717) is 31.2 Å². The first kappa shape index (κ1) is 14.9. The van der Waals surface area contributed by atoms with Gasteiger partial charge in [-0.25, -0.2) is 0 Å². The molecule has 0 saturated heterocycles. The van der Waals surface area contributed by atoms with Gasteiger partial charge < -0.3 is 14.8 Å². The van der Waals surface area contributed by atoms with Crippen molar-refractivity contribution in [3.8, 4) is 0 Å². The topological polar surface area (TPSA) is 67.2 Å². The lowest BCUT2D eigenvalue weighted by Crippen LogP contribution is -2.54. The zero-order valence-electron chi connectivity index (χ0n) is 13.4. The van der Waals surface area contributed by atoms with Crippen LogP contribution in [0.2, 0.25) is 0 Å². The summed E-state index contributed by atoms with van der Waals surface area (Å²) in [6, 6.07) is 6.93. The van der Waals surface area contributed by atoms with Crippen LogP contribution in [0.15, 0.2) is 42.9 Å². The number of nitrogens with one attached hydrogen (secondary N) is 1. The fourth-order valence-electron chi connectivity index (χ4n) is 3.12. The highest BCUT2D eigenvalue weighted by atomic mass is 16.2. The molecule has 6 heteroatoms. The van der Waals surface area contributed by atoms with Crippen molar-refractivity contribution in [2.45, 2.75) is 32.0 Å². The Labute approximate surface area is 140 Å². The molecule has 1 N–H and O–H groups in total. The van der Waals surface area contributed by atoms with Crippen LogP contribution < -0.4 is 5.32 Å². The van der Waals surface area contributed by atoms with Crippen molar-refractivity contribution >= 4 is 11.8 Å². The summed E-state index contributed by atoms with van der Waals surface area (Å²) in [5, 5.41) is 3.01. The first-order valence-corrected chi connectivity index (χ1v) is 8.35. The molecule has 2 amide bonds. The van der Waals surface area contributed by atoms with Gasteiger partial charge in [0.15, 0.2) is 0 Å². The monoisotopic (exact) mass is 324 g/mol. The number of nitrogens with zero attached hydrogens (tertiary/aromatic N) is 3. The molecule has 1 saturated carbocycles. The Bertz CT molecular complexity index is 751. The molecule has 1 atom stereocenters. The maximum atomic E-state index is 12.9. The summed E-state index contributed by atoms with van der Waals surface area (Å²) >= 11 is 0. The SMILES string of the molecule is O=C(NCC1CC1)C1Cn2cccc2C(=O)N1Cc1cccnc1. The van der Waals surface area contributed by atoms with Gasteiger partial charge in [-0.15, -0.1) is 0 Å². The molecule has 0 spiro atoms. The molecule has 3 heterocycles. The van der Waals surface area contributed by atoms with E-state index in [-0.39, 0.29) is 11.8 Å². The Morgan fingerprint density at radius 3 is 2.92 bits per heavy atom. The van der Waals surface area contributed by atoms with E-state index >= 15 is 0 Å². The number of hydrogen-bond donors (Lipinski definition) is 1. The van der Waals surface area contributed by atoms with Crippen LogP contribution in [0.1, 0.15) is 28.9 Å². The van der Waals surface area contributed by atoms with Gasteiger partial charge in [0.2, 0.25) is 5.91 Å². The molecule has 124 valence electrons. The van der Waals surface area contributed by atoms with Crippen LogP contribution in [0, 0.1) is 5.92 Å². The summed E-state index contributed by atoms with van der Waals surface area (Å²) in [6.07, 6.45) is 7.67. The summed E-state index contributed by atoms with van der Waals surface area (Å²) in [6.45, 7) is 1.59. The van der Waals surface area contributed by atoms with Gasteiger partial charge in [0.05, 0.1) is 6.54 Å². The number of rotatable bonds is 5. The Morgan fingerprint density at radius 1 is 1.29 bits per heavy atom. The first-order valence-electron chi connectivity index (χ1n) is 8.35. The second-order valence-electron chi connectivity index (χ2n) is 6.54.